The molecule has 0 spiro atoms. The van der Waals surface area contributed by atoms with E-state index in [0.717, 1.165) is 12.2 Å². The van der Waals surface area contributed by atoms with Gasteiger partial charge in [-0.2, -0.15) is 0 Å². The van der Waals surface area contributed by atoms with E-state index in [2.05, 4.69) is 4.98 Å². The van der Waals surface area contributed by atoms with E-state index in [1.807, 2.05) is 17.6 Å². The second-order valence-electron chi connectivity index (χ2n) is 4.09. The molecule has 2 aromatic rings. The number of nitrogens with zero attached hydrogens (tertiary/aromatic N) is 2. The van der Waals surface area contributed by atoms with Gasteiger partial charge in [0.1, 0.15) is 5.82 Å². The van der Waals surface area contributed by atoms with Gasteiger partial charge in [-0.3, -0.25) is 0 Å². The molecule has 0 atom stereocenters. The van der Waals surface area contributed by atoms with Gasteiger partial charge in [0.2, 0.25) is 0 Å². The smallest absolute Gasteiger partial charge is 0.337 e. The zero-order valence-electron chi connectivity index (χ0n) is 10.3. The Hall–Kier alpha value is -1.88. The Labute approximate surface area is 105 Å². The van der Waals surface area contributed by atoms with Crippen molar-refractivity contribution in [1.29, 1.82) is 0 Å². The van der Waals surface area contributed by atoms with Gasteiger partial charge in [-0.25, -0.2) is 9.78 Å². The third-order valence-corrected chi connectivity index (χ3v) is 2.93. The summed E-state index contributed by atoms with van der Waals surface area (Å²) >= 11 is 0. The number of imidazole rings is 1. The number of aryl methyl sites for hydroxylation is 2. The summed E-state index contributed by atoms with van der Waals surface area (Å²) in [5.74, 6) is -0.0967. The maximum absolute atomic E-state index is 11.2. The third-order valence-electron chi connectivity index (χ3n) is 2.93. The number of fused-ring (bicyclic) bond motifs is 1. The fourth-order valence-electron chi connectivity index (χ4n) is 2.15. The molecule has 5 nitrogen and oxygen atoms in total. The van der Waals surface area contributed by atoms with Crippen molar-refractivity contribution >= 4 is 17.0 Å². The zero-order chi connectivity index (χ0) is 13.1. The molecule has 1 aromatic heterocycles. The Bertz CT molecular complexity index is 575. The molecule has 2 N–H and O–H groups in total. The molecule has 0 radical (unpaired) electrons. The molecule has 0 unspecified atom stereocenters. The molecule has 0 saturated carbocycles. The first-order chi connectivity index (χ1) is 8.69. The van der Waals surface area contributed by atoms with E-state index in [0.29, 0.717) is 24.0 Å². The molecule has 0 bridgehead atoms. The second kappa shape index (κ2) is 5.18. The Balaban J connectivity index is 2.66. The minimum absolute atomic E-state index is 0.0814. The molecule has 96 valence electrons. The molecular formula is C13H16N2O3. The van der Waals surface area contributed by atoms with E-state index in [-0.39, 0.29) is 12.2 Å². The van der Waals surface area contributed by atoms with E-state index >= 15 is 0 Å². The molecule has 0 aliphatic heterocycles. The summed E-state index contributed by atoms with van der Waals surface area (Å²) in [6.45, 7) is 2.65. The average molecular weight is 248 g/mol. The van der Waals surface area contributed by atoms with Crippen LogP contribution in [0.3, 0.4) is 0 Å². The van der Waals surface area contributed by atoms with Gasteiger partial charge in [-0.15, -0.1) is 0 Å². The lowest BCUT2D eigenvalue weighted by molar-refractivity contribution is 0.0698. The normalized spacial score (nSPS) is 11.0. The van der Waals surface area contributed by atoms with E-state index in [1.165, 1.54) is 0 Å². The maximum Gasteiger partial charge on any atom is 0.337 e. The summed E-state index contributed by atoms with van der Waals surface area (Å²) < 4.78 is 1.90. The standard InChI is InChI=1S/C13H16N2O3/c1-2-11-14-10-6-3-5-9(13(17)18)12(10)15(11)7-4-8-16/h3,5-6,16H,2,4,7-8H2,1H3,(H,17,18). The highest BCUT2D eigenvalue weighted by Gasteiger charge is 2.16. The lowest BCUT2D eigenvalue weighted by Gasteiger charge is -2.08. The van der Waals surface area contributed by atoms with Crippen LogP contribution in [0.25, 0.3) is 11.0 Å². The van der Waals surface area contributed by atoms with Crippen LogP contribution in [0.15, 0.2) is 18.2 Å². The summed E-state index contributed by atoms with van der Waals surface area (Å²) in [6.07, 6.45) is 1.32. The molecule has 18 heavy (non-hydrogen) atoms. The number of aromatic carboxylic acids is 1. The van der Waals surface area contributed by atoms with Crippen molar-refractivity contribution in [2.24, 2.45) is 0 Å². The SMILES string of the molecule is CCc1nc2cccc(C(=O)O)c2n1CCCO. The molecule has 1 heterocycles. The minimum Gasteiger partial charge on any atom is -0.478 e. The van der Waals surface area contributed by atoms with Crippen LogP contribution < -0.4 is 0 Å². The predicted octanol–water partition coefficient (Wildman–Crippen LogP) is 1.68. The number of rotatable bonds is 5. The highest BCUT2D eigenvalue weighted by atomic mass is 16.4. The molecule has 0 aliphatic carbocycles. The van der Waals surface area contributed by atoms with Crippen LogP contribution in [0, 0.1) is 0 Å². The topological polar surface area (TPSA) is 75.3 Å². The number of benzene rings is 1. The second-order valence-corrected chi connectivity index (χ2v) is 4.09. The molecule has 5 heteroatoms. The lowest BCUT2D eigenvalue weighted by atomic mass is 10.2. The number of carboxylic acid groups (broad SMARTS) is 1. The number of aromatic nitrogens is 2. The van der Waals surface area contributed by atoms with Crippen LogP contribution in [0.2, 0.25) is 0 Å². The summed E-state index contributed by atoms with van der Waals surface area (Å²) in [4.78, 5) is 15.7. The Morgan fingerprint density at radius 1 is 1.44 bits per heavy atom. The number of aliphatic hydroxyl groups excluding tert-OH is 1. The minimum atomic E-state index is -0.951. The number of para-hydroxylation sites is 1. The van der Waals surface area contributed by atoms with E-state index < -0.39 is 5.97 Å². The monoisotopic (exact) mass is 248 g/mol. The first-order valence-electron chi connectivity index (χ1n) is 6.01. The van der Waals surface area contributed by atoms with Gasteiger partial charge >= 0.3 is 5.97 Å². The van der Waals surface area contributed by atoms with Crippen LogP contribution >= 0.6 is 0 Å². The van der Waals surface area contributed by atoms with Crippen LogP contribution in [-0.2, 0) is 13.0 Å². The van der Waals surface area contributed by atoms with Gasteiger partial charge in [0.15, 0.2) is 0 Å². The van der Waals surface area contributed by atoms with Crippen molar-refractivity contribution in [3.05, 3.63) is 29.6 Å². The van der Waals surface area contributed by atoms with Crippen molar-refractivity contribution in [3.8, 4) is 0 Å². The molecule has 2 rings (SSSR count). The van der Waals surface area contributed by atoms with Crippen molar-refractivity contribution in [1.82, 2.24) is 9.55 Å². The fourth-order valence-corrected chi connectivity index (χ4v) is 2.15. The highest BCUT2D eigenvalue weighted by molar-refractivity contribution is 6.01. The molecule has 0 saturated heterocycles. The maximum atomic E-state index is 11.2. The highest BCUT2D eigenvalue weighted by Crippen LogP contribution is 2.21. The van der Waals surface area contributed by atoms with Gasteiger partial charge in [-0.05, 0) is 18.6 Å². The first kappa shape index (κ1) is 12.6. The zero-order valence-corrected chi connectivity index (χ0v) is 10.3. The number of hydrogen-bond acceptors (Lipinski definition) is 3. The number of hydrogen-bond donors (Lipinski definition) is 2. The van der Waals surface area contributed by atoms with Gasteiger partial charge in [0.05, 0.1) is 16.6 Å². The first-order valence-corrected chi connectivity index (χ1v) is 6.01. The average Bonchev–Trinajstić information content (AvgIpc) is 2.73. The van der Waals surface area contributed by atoms with E-state index in [1.54, 1.807) is 12.1 Å². The van der Waals surface area contributed by atoms with Crippen molar-refractivity contribution < 1.29 is 15.0 Å². The number of aliphatic hydroxyl groups is 1. The largest absolute Gasteiger partial charge is 0.478 e. The molecule has 0 fully saturated rings. The van der Waals surface area contributed by atoms with Crippen LogP contribution in [0.4, 0.5) is 0 Å². The molecular weight excluding hydrogens is 232 g/mol. The van der Waals surface area contributed by atoms with Gasteiger partial charge in [0, 0.05) is 19.6 Å². The van der Waals surface area contributed by atoms with Crippen LogP contribution in [0.5, 0.6) is 0 Å². The number of carbonyl (C=O) groups is 1. The van der Waals surface area contributed by atoms with Crippen molar-refractivity contribution in [3.63, 3.8) is 0 Å². The summed E-state index contributed by atoms with van der Waals surface area (Å²) in [7, 11) is 0. The summed E-state index contributed by atoms with van der Waals surface area (Å²) in [5.41, 5.74) is 1.61. The predicted molar refractivity (Wildman–Crippen MR) is 67.8 cm³/mol. The summed E-state index contributed by atoms with van der Waals surface area (Å²) in [5, 5.41) is 18.2. The third kappa shape index (κ3) is 2.09. The molecule has 0 aliphatic rings. The van der Waals surface area contributed by atoms with Gasteiger partial charge < -0.3 is 14.8 Å². The van der Waals surface area contributed by atoms with E-state index in [9.17, 15) is 9.90 Å². The fraction of sp³-hybridized carbons (Fsp3) is 0.385. The molecule has 0 amide bonds. The Morgan fingerprint density at radius 3 is 2.83 bits per heavy atom. The van der Waals surface area contributed by atoms with Crippen molar-refractivity contribution in [2.45, 2.75) is 26.3 Å². The van der Waals surface area contributed by atoms with E-state index in [4.69, 9.17) is 5.11 Å². The van der Waals surface area contributed by atoms with Crippen LogP contribution in [-0.4, -0.2) is 32.3 Å². The molecule has 1 aromatic carbocycles. The lowest BCUT2D eigenvalue weighted by Crippen LogP contribution is -2.07. The summed E-state index contributed by atoms with van der Waals surface area (Å²) in [6, 6.07) is 5.10. The van der Waals surface area contributed by atoms with Crippen molar-refractivity contribution in [2.75, 3.05) is 6.61 Å². The Morgan fingerprint density at radius 2 is 2.22 bits per heavy atom. The number of carboxylic acids is 1. The van der Waals surface area contributed by atoms with Gasteiger partial charge in [-0.1, -0.05) is 13.0 Å². The van der Waals surface area contributed by atoms with Gasteiger partial charge in [0.25, 0.3) is 0 Å². The van der Waals surface area contributed by atoms with Crippen LogP contribution in [0.1, 0.15) is 29.5 Å². The Kier molecular flexibility index (Phi) is 3.62. The quantitative estimate of drug-likeness (QED) is 0.844.